The average Bonchev–Trinajstić information content (AvgIpc) is 2.22. The Morgan fingerprint density at radius 2 is 1.64 bits per heavy atom. The van der Waals surface area contributed by atoms with Crippen molar-refractivity contribution in [3.05, 3.63) is 29.8 Å². The van der Waals surface area contributed by atoms with Crippen molar-refractivity contribution in [2.45, 2.75) is 6.42 Å². The molecule has 2 unspecified atom stereocenters. The summed E-state index contributed by atoms with van der Waals surface area (Å²) in [5.41, 5.74) is 1.07. The molecule has 0 aliphatic heterocycles. The first-order valence-electron chi connectivity index (χ1n) is 4.11. The molecule has 0 saturated carbocycles. The Hall–Kier alpha value is -0.240. The predicted molar refractivity (Wildman–Crippen MR) is 59.6 cm³/mol. The van der Waals surface area contributed by atoms with E-state index < -0.39 is 0 Å². The SMILES string of the molecule is OPN(CCc1ccc(O)cc1)PO. The van der Waals surface area contributed by atoms with Crippen LogP contribution >= 0.6 is 17.9 Å². The van der Waals surface area contributed by atoms with E-state index in [4.69, 9.17) is 14.9 Å². The third-order valence-electron chi connectivity index (χ3n) is 1.80. The zero-order valence-corrected chi connectivity index (χ0v) is 9.51. The van der Waals surface area contributed by atoms with E-state index in [0.717, 1.165) is 12.0 Å². The molecule has 0 aromatic heterocycles. The topological polar surface area (TPSA) is 63.9 Å². The van der Waals surface area contributed by atoms with Crippen LogP contribution in [0.15, 0.2) is 24.3 Å². The molecule has 0 spiro atoms. The van der Waals surface area contributed by atoms with Crippen molar-refractivity contribution in [3.8, 4) is 5.75 Å². The first-order chi connectivity index (χ1) is 6.76. The first kappa shape index (κ1) is 11.8. The maximum atomic E-state index is 9.04. The number of phenolic OH excluding ortho intramolecular Hbond substituents is 1. The Morgan fingerprint density at radius 3 is 2.14 bits per heavy atom. The molecule has 78 valence electrons. The molecular weight excluding hydrogens is 220 g/mol. The lowest BCUT2D eigenvalue weighted by atomic mass is 10.1. The van der Waals surface area contributed by atoms with Crippen molar-refractivity contribution in [2.24, 2.45) is 0 Å². The zero-order chi connectivity index (χ0) is 10.4. The van der Waals surface area contributed by atoms with Gasteiger partial charge in [0.1, 0.15) is 5.75 Å². The molecule has 0 fully saturated rings. The van der Waals surface area contributed by atoms with Gasteiger partial charge < -0.3 is 14.9 Å². The molecular formula is C8H13NO3P2. The van der Waals surface area contributed by atoms with E-state index >= 15 is 0 Å². The van der Waals surface area contributed by atoms with Gasteiger partial charge in [0.25, 0.3) is 0 Å². The second-order valence-corrected chi connectivity index (χ2v) is 4.69. The summed E-state index contributed by atoms with van der Waals surface area (Å²) in [6.07, 6.45) is 0.751. The van der Waals surface area contributed by atoms with Crippen LogP contribution in [0.4, 0.5) is 0 Å². The summed E-state index contributed by atoms with van der Waals surface area (Å²) in [4.78, 5) is 17.6. The van der Waals surface area contributed by atoms with Crippen LogP contribution in [-0.2, 0) is 6.42 Å². The van der Waals surface area contributed by atoms with Crippen LogP contribution in [0, 0.1) is 0 Å². The summed E-state index contributed by atoms with van der Waals surface area (Å²) < 4.78 is 1.56. The molecule has 0 aliphatic carbocycles. The highest BCUT2D eigenvalue weighted by Crippen LogP contribution is 2.26. The summed E-state index contributed by atoms with van der Waals surface area (Å²) in [5, 5.41) is 9.04. The predicted octanol–water partition coefficient (Wildman–Crippen LogP) is 1.24. The summed E-state index contributed by atoms with van der Waals surface area (Å²) in [6.45, 7) is 0.620. The van der Waals surface area contributed by atoms with Crippen LogP contribution in [0.2, 0.25) is 0 Å². The van der Waals surface area contributed by atoms with Crippen LogP contribution in [0.3, 0.4) is 0 Å². The van der Waals surface area contributed by atoms with Crippen molar-refractivity contribution in [1.29, 1.82) is 0 Å². The number of hydrogen-bond donors (Lipinski definition) is 3. The fraction of sp³-hybridized carbons (Fsp3) is 0.250. The molecule has 0 heterocycles. The zero-order valence-electron chi connectivity index (χ0n) is 7.51. The number of benzene rings is 1. The summed E-state index contributed by atoms with van der Waals surface area (Å²) in [6, 6.07) is 6.91. The fourth-order valence-electron chi connectivity index (χ4n) is 1.03. The molecule has 4 nitrogen and oxygen atoms in total. The molecule has 0 amide bonds. The minimum atomic E-state index is -0.355. The number of phenols is 1. The molecule has 2 atom stereocenters. The van der Waals surface area contributed by atoms with Crippen LogP contribution in [0.5, 0.6) is 5.75 Å². The number of hydrogen-bond acceptors (Lipinski definition) is 4. The molecule has 6 heteroatoms. The normalized spacial score (nSPS) is 12.5. The molecule has 1 aromatic carbocycles. The minimum Gasteiger partial charge on any atom is -0.508 e. The van der Waals surface area contributed by atoms with E-state index in [1.807, 2.05) is 12.1 Å². The Bertz CT molecular complexity index is 264. The summed E-state index contributed by atoms with van der Waals surface area (Å²) >= 11 is 0. The van der Waals surface area contributed by atoms with E-state index in [-0.39, 0.29) is 23.7 Å². The highest BCUT2D eigenvalue weighted by molar-refractivity contribution is 7.44. The van der Waals surface area contributed by atoms with Gasteiger partial charge >= 0.3 is 0 Å². The first-order valence-corrected chi connectivity index (χ1v) is 5.90. The van der Waals surface area contributed by atoms with Gasteiger partial charge in [-0.3, -0.25) is 0 Å². The standard InChI is InChI=1S/C8H13NO3P2/c10-8-3-1-7(2-4-8)5-6-9(13-11)14-12/h1-4,10-14H,5-6H2. The molecule has 0 bridgehead atoms. The molecule has 0 aliphatic rings. The smallest absolute Gasteiger partial charge is 0.115 e. The molecule has 1 aromatic rings. The molecule has 1 rings (SSSR count). The second-order valence-electron chi connectivity index (χ2n) is 2.77. The van der Waals surface area contributed by atoms with E-state index in [2.05, 4.69) is 0 Å². The summed E-state index contributed by atoms with van der Waals surface area (Å²) in [5.74, 6) is 0.249. The Kier molecular flexibility index (Phi) is 5.31. The van der Waals surface area contributed by atoms with Crippen molar-refractivity contribution < 1.29 is 14.9 Å². The van der Waals surface area contributed by atoms with Crippen molar-refractivity contribution >= 4 is 17.9 Å². The second kappa shape index (κ2) is 6.28. The molecule has 14 heavy (non-hydrogen) atoms. The van der Waals surface area contributed by atoms with Gasteiger partial charge in [-0.15, -0.1) is 0 Å². The highest BCUT2D eigenvalue weighted by atomic mass is 31.2. The fourth-order valence-corrected chi connectivity index (χ4v) is 1.63. The van der Waals surface area contributed by atoms with Gasteiger partial charge in [-0.05, 0) is 24.1 Å². The van der Waals surface area contributed by atoms with E-state index in [9.17, 15) is 0 Å². The molecule has 0 saturated heterocycles. The van der Waals surface area contributed by atoms with Crippen LogP contribution in [-0.4, -0.2) is 25.9 Å². The number of rotatable bonds is 5. The average molecular weight is 233 g/mol. The van der Waals surface area contributed by atoms with Crippen molar-refractivity contribution in [3.63, 3.8) is 0 Å². The van der Waals surface area contributed by atoms with Gasteiger partial charge in [0, 0.05) is 6.54 Å². The van der Waals surface area contributed by atoms with E-state index in [1.54, 1.807) is 16.6 Å². The van der Waals surface area contributed by atoms with Gasteiger partial charge in [0.2, 0.25) is 0 Å². The maximum Gasteiger partial charge on any atom is 0.115 e. The quantitative estimate of drug-likeness (QED) is 0.669. The van der Waals surface area contributed by atoms with Crippen LogP contribution < -0.4 is 0 Å². The third-order valence-corrected chi connectivity index (χ3v) is 3.33. The maximum absolute atomic E-state index is 9.04. The number of aromatic hydroxyl groups is 1. The third kappa shape index (κ3) is 3.87. The van der Waals surface area contributed by atoms with E-state index in [1.165, 1.54) is 0 Å². The summed E-state index contributed by atoms with van der Waals surface area (Å²) in [7, 11) is -0.711. The largest absolute Gasteiger partial charge is 0.508 e. The lowest BCUT2D eigenvalue weighted by molar-refractivity contribution is 0.475. The van der Waals surface area contributed by atoms with E-state index in [0.29, 0.717) is 6.54 Å². The Labute approximate surface area is 86.4 Å². The van der Waals surface area contributed by atoms with Gasteiger partial charge in [-0.2, -0.15) is 0 Å². The van der Waals surface area contributed by atoms with Crippen molar-refractivity contribution in [2.75, 3.05) is 6.54 Å². The van der Waals surface area contributed by atoms with Gasteiger partial charge in [-0.25, -0.2) is 4.44 Å². The van der Waals surface area contributed by atoms with Crippen LogP contribution in [0.1, 0.15) is 5.56 Å². The minimum absolute atomic E-state index is 0.249. The van der Waals surface area contributed by atoms with Gasteiger partial charge in [0.05, 0.1) is 17.9 Å². The lowest BCUT2D eigenvalue weighted by Crippen LogP contribution is -2.06. The Morgan fingerprint density at radius 1 is 1.07 bits per heavy atom. The molecule has 0 radical (unpaired) electrons. The van der Waals surface area contributed by atoms with Gasteiger partial charge in [-0.1, -0.05) is 12.1 Å². The lowest BCUT2D eigenvalue weighted by Gasteiger charge is -2.14. The molecule has 3 N–H and O–H groups in total. The van der Waals surface area contributed by atoms with Gasteiger partial charge in [0.15, 0.2) is 0 Å². The highest BCUT2D eigenvalue weighted by Gasteiger charge is 2.01. The number of nitrogens with zero attached hydrogens (tertiary/aromatic N) is 1. The van der Waals surface area contributed by atoms with Crippen LogP contribution in [0.25, 0.3) is 0 Å². The van der Waals surface area contributed by atoms with Crippen molar-refractivity contribution in [1.82, 2.24) is 4.44 Å². The Balaban J connectivity index is 2.41. The monoisotopic (exact) mass is 233 g/mol.